The minimum absolute atomic E-state index is 0.00376. The number of nitrogens with zero attached hydrogens (tertiary/aromatic N) is 1. The molecule has 1 N–H and O–H groups in total. The maximum absolute atomic E-state index is 13.1. The Morgan fingerprint density at radius 2 is 1.80 bits per heavy atom. The highest BCUT2D eigenvalue weighted by Crippen LogP contribution is 2.42. The van der Waals surface area contributed by atoms with Crippen LogP contribution in [0.15, 0.2) is 18.2 Å². The summed E-state index contributed by atoms with van der Waals surface area (Å²) in [6.07, 6.45) is -2.89. The third-order valence-electron chi connectivity index (χ3n) is 4.04. The highest BCUT2D eigenvalue weighted by molar-refractivity contribution is 5.75. The summed E-state index contributed by atoms with van der Waals surface area (Å²) in [6.45, 7) is 0. The van der Waals surface area contributed by atoms with Crippen LogP contribution in [0.4, 0.5) is 17.6 Å². The van der Waals surface area contributed by atoms with Crippen molar-refractivity contribution in [2.75, 3.05) is 0 Å². The molecule has 0 spiro atoms. The van der Waals surface area contributed by atoms with Gasteiger partial charge in [0, 0.05) is 5.92 Å². The Balaban J connectivity index is 1.76. The zero-order valence-corrected chi connectivity index (χ0v) is 10.7. The molecule has 108 valence electrons. The van der Waals surface area contributed by atoms with Crippen LogP contribution in [0.3, 0.4) is 0 Å². The van der Waals surface area contributed by atoms with E-state index >= 15 is 0 Å². The standard InChI is InChI=1S/C14H14F4N2/c15-10-5-6-11-12(7-10)20-13(19-11)8-1-3-9(4-2-8)14(16,17)18/h5-9H,1-4H2,(H,19,20). The number of hydrogen-bond acceptors (Lipinski definition) is 1. The topological polar surface area (TPSA) is 28.7 Å². The normalized spacial score (nSPS) is 24.2. The molecule has 1 aliphatic carbocycles. The van der Waals surface area contributed by atoms with Crippen LogP contribution in [0.1, 0.15) is 37.4 Å². The molecule has 0 unspecified atom stereocenters. The number of benzene rings is 1. The van der Waals surface area contributed by atoms with Crippen LogP contribution in [0.5, 0.6) is 0 Å². The van der Waals surface area contributed by atoms with Crippen molar-refractivity contribution in [1.82, 2.24) is 9.97 Å². The molecule has 1 aromatic heterocycles. The van der Waals surface area contributed by atoms with E-state index < -0.39 is 12.1 Å². The van der Waals surface area contributed by atoms with Crippen LogP contribution >= 0.6 is 0 Å². The van der Waals surface area contributed by atoms with Crippen LogP contribution in [0, 0.1) is 11.7 Å². The maximum atomic E-state index is 13.1. The van der Waals surface area contributed by atoms with Gasteiger partial charge in [-0.15, -0.1) is 0 Å². The van der Waals surface area contributed by atoms with E-state index in [-0.39, 0.29) is 24.6 Å². The van der Waals surface area contributed by atoms with Gasteiger partial charge in [0.1, 0.15) is 11.6 Å². The van der Waals surface area contributed by atoms with Gasteiger partial charge in [-0.25, -0.2) is 9.37 Å². The summed E-state index contributed by atoms with van der Waals surface area (Å²) in [5.41, 5.74) is 1.25. The second-order valence-corrected chi connectivity index (χ2v) is 5.37. The van der Waals surface area contributed by atoms with Crippen molar-refractivity contribution in [2.24, 2.45) is 5.92 Å². The van der Waals surface area contributed by atoms with Crippen LogP contribution in [0.25, 0.3) is 11.0 Å². The molecule has 1 aromatic carbocycles. The Morgan fingerprint density at radius 3 is 2.45 bits per heavy atom. The van der Waals surface area contributed by atoms with E-state index in [1.807, 2.05) is 0 Å². The van der Waals surface area contributed by atoms with Gasteiger partial charge in [-0.1, -0.05) is 0 Å². The first-order valence-electron chi connectivity index (χ1n) is 6.65. The molecular weight excluding hydrogens is 272 g/mol. The van der Waals surface area contributed by atoms with E-state index in [9.17, 15) is 17.6 Å². The number of nitrogens with one attached hydrogen (secondary N) is 1. The molecule has 0 aliphatic heterocycles. The predicted molar refractivity (Wildman–Crippen MR) is 66.8 cm³/mol. The first-order valence-corrected chi connectivity index (χ1v) is 6.65. The lowest BCUT2D eigenvalue weighted by Crippen LogP contribution is -2.27. The van der Waals surface area contributed by atoms with Crippen LogP contribution < -0.4 is 0 Å². The monoisotopic (exact) mass is 286 g/mol. The van der Waals surface area contributed by atoms with Gasteiger partial charge in [-0.2, -0.15) is 13.2 Å². The first kappa shape index (κ1) is 13.4. The zero-order valence-electron chi connectivity index (χ0n) is 10.7. The van der Waals surface area contributed by atoms with Gasteiger partial charge in [0.15, 0.2) is 0 Å². The van der Waals surface area contributed by atoms with Gasteiger partial charge in [-0.3, -0.25) is 0 Å². The molecule has 0 bridgehead atoms. The number of halogens is 4. The molecule has 2 nitrogen and oxygen atoms in total. The second-order valence-electron chi connectivity index (χ2n) is 5.37. The van der Waals surface area contributed by atoms with Gasteiger partial charge >= 0.3 is 6.18 Å². The van der Waals surface area contributed by atoms with E-state index in [0.717, 1.165) is 0 Å². The van der Waals surface area contributed by atoms with Gasteiger partial charge in [0.05, 0.1) is 17.0 Å². The van der Waals surface area contributed by atoms with E-state index in [1.165, 1.54) is 12.1 Å². The van der Waals surface area contributed by atoms with E-state index in [1.54, 1.807) is 6.07 Å². The van der Waals surface area contributed by atoms with Crippen LogP contribution in [-0.2, 0) is 0 Å². The van der Waals surface area contributed by atoms with Crippen molar-refractivity contribution in [1.29, 1.82) is 0 Å². The number of hydrogen-bond donors (Lipinski definition) is 1. The highest BCUT2D eigenvalue weighted by atomic mass is 19.4. The Kier molecular flexibility index (Phi) is 3.18. The van der Waals surface area contributed by atoms with Gasteiger partial charge < -0.3 is 4.98 Å². The third-order valence-corrected chi connectivity index (χ3v) is 4.04. The highest BCUT2D eigenvalue weighted by Gasteiger charge is 2.41. The Morgan fingerprint density at radius 1 is 1.10 bits per heavy atom. The summed E-state index contributed by atoms with van der Waals surface area (Å²) in [7, 11) is 0. The maximum Gasteiger partial charge on any atom is 0.391 e. The second kappa shape index (κ2) is 4.75. The molecule has 3 rings (SSSR count). The number of imidazole rings is 1. The lowest BCUT2D eigenvalue weighted by Gasteiger charge is -2.28. The molecule has 1 heterocycles. The zero-order chi connectivity index (χ0) is 14.3. The van der Waals surface area contributed by atoms with Crippen LogP contribution in [0.2, 0.25) is 0 Å². The van der Waals surface area contributed by atoms with Crippen molar-refractivity contribution in [3.8, 4) is 0 Å². The summed E-state index contributed by atoms with van der Waals surface area (Å²) >= 11 is 0. The number of aromatic nitrogens is 2. The molecule has 1 aliphatic rings. The lowest BCUT2D eigenvalue weighted by atomic mass is 9.81. The Hall–Kier alpha value is -1.59. The Labute approximate surface area is 113 Å². The summed E-state index contributed by atoms with van der Waals surface area (Å²) in [5.74, 6) is -0.871. The molecule has 20 heavy (non-hydrogen) atoms. The molecule has 0 atom stereocenters. The largest absolute Gasteiger partial charge is 0.391 e. The number of rotatable bonds is 1. The fourth-order valence-electron chi connectivity index (χ4n) is 2.89. The van der Waals surface area contributed by atoms with E-state index in [4.69, 9.17) is 0 Å². The lowest BCUT2D eigenvalue weighted by molar-refractivity contribution is -0.182. The summed E-state index contributed by atoms with van der Waals surface area (Å²) in [5, 5.41) is 0. The molecule has 1 fully saturated rings. The molecule has 2 aromatic rings. The average molecular weight is 286 g/mol. The SMILES string of the molecule is Fc1ccc2nc(C3CCC(C(F)(F)F)CC3)[nH]c2c1. The van der Waals surface area contributed by atoms with Crippen molar-refractivity contribution in [2.45, 2.75) is 37.8 Å². The summed E-state index contributed by atoms with van der Waals surface area (Å²) < 4.78 is 51.0. The molecule has 6 heteroatoms. The Bertz CT molecular complexity index is 609. The molecular formula is C14H14F4N2. The number of aromatic amines is 1. The van der Waals surface area contributed by atoms with Crippen LogP contribution in [-0.4, -0.2) is 16.1 Å². The molecule has 0 amide bonds. The molecule has 0 saturated heterocycles. The quantitative estimate of drug-likeness (QED) is 0.766. The minimum Gasteiger partial charge on any atom is -0.342 e. The van der Waals surface area contributed by atoms with Gasteiger partial charge in [-0.05, 0) is 43.9 Å². The van der Waals surface area contributed by atoms with Crippen molar-refractivity contribution < 1.29 is 17.6 Å². The number of H-pyrrole nitrogens is 1. The third kappa shape index (κ3) is 2.51. The van der Waals surface area contributed by atoms with Gasteiger partial charge in [0.2, 0.25) is 0 Å². The fraction of sp³-hybridized carbons (Fsp3) is 0.500. The first-order chi connectivity index (χ1) is 9.43. The van der Waals surface area contributed by atoms with E-state index in [2.05, 4.69) is 9.97 Å². The average Bonchev–Trinajstić information content (AvgIpc) is 2.80. The van der Waals surface area contributed by atoms with Crippen molar-refractivity contribution in [3.05, 3.63) is 29.8 Å². The van der Waals surface area contributed by atoms with Crippen molar-refractivity contribution in [3.63, 3.8) is 0 Å². The fourth-order valence-corrected chi connectivity index (χ4v) is 2.89. The van der Waals surface area contributed by atoms with E-state index in [0.29, 0.717) is 29.7 Å². The van der Waals surface area contributed by atoms with Gasteiger partial charge in [0.25, 0.3) is 0 Å². The summed E-state index contributed by atoms with van der Waals surface area (Å²) in [4.78, 5) is 7.39. The minimum atomic E-state index is -4.10. The smallest absolute Gasteiger partial charge is 0.342 e. The predicted octanol–water partition coefficient (Wildman–Crippen LogP) is 4.54. The number of fused-ring (bicyclic) bond motifs is 1. The van der Waals surface area contributed by atoms with Crippen molar-refractivity contribution >= 4 is 11.0 Å². The molecule has 1 saturated carbocycles. The molecule has 0 radical (unpaired) electrons. The summed E-state index contributed by atoms with van der Waals surface area (Å²) in [6, 6.07) is 4.26. The number of alkyl halides is 3.